The van der Waals surface area contributed by atoms with Crippen LogP contribution in [0.15, 0.2) is 22.7 Å². The van der Waals surface area contributed by atoms with Crippen LogP contribution in [-0.2, 0) is 4.79 Å². The lowest BCUT2D eigenvalue weighted by Crippen LogP contribution is -2.47. The minimum absolute atomic E-state index is 0.380. The number of carbonyl (C=O) groups is 2. The number of aliphatic hydroxyl groups is 1. The Hall–Kier alpha value is -1.40. The zero-order valence-electron chi connectivity index (χ0n) is 9.98. The first-order valence-corrected chi connectivity index (χ1v) is 6.10. The Bertz CT molecular complexity index is 473. The summed E-state index contributed by atoms with van der Waals surface area (Å²) in [5, 5.41) is 20.4. The molecule has 0 bridgehead atoms. The van der Waals surface area contributed by atoms with Crippen molar-refractivity contribution in [1.29, 1.82) is 0 Å². The fraction of sp³-hybridized carbons (Fsp3) is 0.333. The van der Waals surface area contributed by atoms with Crippen molar-refractivity contribution in [2.24, 2.45) is 0 Å². The number of halogens is 1. The first kappa shape index (κ1) is 14.7. The van der Waals surface area contributed by atoms with Crippen LogP contribution in [0.25, 0.3) is 0 Å². The third-order valence-electron chi connectivity index (χ3n) is 2.47. The Kier molecular flexibility index (Phi) is 4.86. The van der Waals surface area contributed by atoms with Crippen molar-refractivity contribution >= 4 is 27.8 Å². The van der Waals surface area contributed by atoms with Crippen molar-refractivity contribution in [3.05, 3.63) is 33.8 Å². The van der Waals surface area contributed by atoms with E-state index < -0.39 is 24.0 Å². The van der Waals surface area contributed by atoms with Crippen LogP contribution >= 0.6 is 15.9 Å². The summed E-state index contributed by atoms with van der Waals surface area (Å²) in [4.78, 5) is 22.8. The fourth-order valence-electron chi connectivity index (χ4n) is 1.49. The highest BCUT2D eigenvalue weighted by Crippen LogP contribution is 2.16. The highest BCUT2D eigenvalue weighted by Gasteiger charge is 2.25. The molecule has 0 aliphatic heterocycles. The molecule has 6 heteroatoms. The van der Waals surface area contributed by atoms with E-state index in [9.17, 15) is 14.7 Å². The van der Waals surface area contributed by atoms with E-state index in [1.165, 1.54) is 6.92 Å². The molecule has 0 radical (unpaired) electrons. The van der Waals surface area contributed by atoms with Gasteiger partial charge in [-0.3, -0.25) is 4.79 Å². The van der Waals surface area contributed by atoms with Crippen LogP contribution in [0.2, 0.25) is 0 Å². The molecular formula is C12H14BrNO4. The maximum atomic E-state index is 11.9. The van der Waals surface area contributed by atoms with E-state index in [1.807, 2.05) is 0 Å². The van der Waals surface area contributed by atoms with Gasteiger partial charge in [0.25, 0.3) is 5.91 Å². The zero-order chi connectivity index (χ0) is 13.9. The lowest BCUT2D eigenvalue weighted by Gasteiger charge is -2.17. The van der Waals surface area contributed by atoms with Gasteiger partial charge in [0, 0.05) is 10.0 Å². The van der Waals surface area contributed by atoms with Gasteiger partial charge in [0.1, 0.15) is 0 Å². The van der Waals surface area contributed by atoms with Gasteiger partial charge in [0.2, 0.25) is 0 Å². The molecule has 5 nitrogen and oxygen atoms in total. The Morgan fingerprint density at radius 2 is 2.00 bits per heavy atom. The van der Waals surface area contributed by atoms with Gasteiger partial charge >= 0.3 is 5.97 Å². The van der Waals surface area contributed by atoms with E-state index in [-0.39, 0.29) is 0 Å². The lowest BCUT2D eigenvalue weighted by atomic mass is 10.1. The Labute approximate surface area is 113 Å². The monoisotopic (exact) mass is 315 g/mol. The summed E-state index contributed by atoms with van der Waals surface area (Å²) in [5.74, 6) is -1.79. The number of benzene rings is 1. The number of carboxylic acids is 1. The zero-order valence-corrected chi connectivity index (χ0v) is 11.6. The molecule has 18 heavy (non-hydrogen) atoms. The minimum Gasteiger partial charge on any atom is -0.480 e. The number of aryl methyl sites for hydroxylation is 1. The van der Waals surface area contributed by atoms with E-state index >= 15 is 0 Å². The van der Waals surface area contributed by atoms with E-state index in [0.717, 1.165) is 10.0 Å². The summed E-state index contributed by atoms with van der Waals surface area (Å²) in [6.07, 6.45) is -1.16. The normalized spacial score (nSPS) is 13.8. The number of carbonyl (C=O) groups excluding carboxylic acids is 1. The van der Waals surface area contributed by atoms with Crippen LogP contribution in [0.3, 0.4) is 0 Å². The average Bonchev–Trinajstić information content (AvgIpc) is 2.24. The van der Waals surface area contributed by atoms with E-state index in [0.29, 0.717) is 5.56 Å². The number of aliphatic carboxylic acids is 1. The average molecular weight is 316 g/mol. The van der Waals surface area contributed by atoms with Crippen molar-refractivity contribution in [3.63, 3.8) is 0 Å². The van der Waals surface area contributed by atoms with Gasteiger partial charge in [-0.15, -0.1) is 0 Å². The van der Waals surface area contributed by atoms with Gasteiger partial charge in [-0.25, -0.2) is 4.79 Å². The van der Waals surface area contributed by atoms with Crippen LogP contribution in [0.4, 0.5) is 0 Å². The molecule has 1 rings (SSSR count). The summed E-state index contributed by atoms with van der Waals surface area (Å²) < 4.78 is 0.835. The first-order valence-electron chi connectivity index (χ1n) is 5.31. The maximum absolute atomic E-state index is 11.9. The topological polar surface area (TPSA) is 86.6 Å². The van der Waals surface area contributed by atoms with Gasteiger partial charge in [-0.1, -0.05) is 15.9 Å². The van der Waals surface area contributed by atoms with Crippen LogP contribution in [0.1, 0.15) is 22.8 Å². The largest absolute Gasteiger partial charge is 0.480 e. The Morgan fingerprint density at radius 1 is 1.39 bits per heavy atom. The molecular weight excluding hydrogens is 302 g/mol. The smallest absolute Gasteiger partial charge is 0.328 e. The standard InChI is InChI=1S/C12H14BrNO4/c1-6-5-8(13)3-4-9(6)11(16)14-10(7(2)15)12(17)18/h3-5,7,10,15H,1-2H3,(H,14,16)(H,17,18)/t7-,10+/m1/s1. The number of aliphatic hydroxyl groups excluding tert-OH is 1. The number of hydrogen-bond donors (Lipinski definition) is 3. The third kappa shape index (κ3) is 3.54. The Balaban J connectivity index is 2.91. The van der Waals surface area contributed by atoms with Crippen LogP contribution in [0.5, 0.6) is 0 Å². The van der Waals surface area contributed by atoms with Gasteiger partial charge in [0.15, 0.2) is 6.04 Å². The predicted molar refractivity (Wildman–Crippen MR) is 69.4 cm³/mol. The molecule has 2 atom stereocenters. The molecule has 3 N–H and O–H groups in total. The maximum Gasteiger partial charge on any atom is 0.328 e. The number of amides is 1. The first-order chi connectivity index (χ1) is 8.32. The molecule has 98 valence electrons. The number of carboxylic acid groups (broad SMARTS) is 1. The van der Waals surface area contributed by atoms with Crippen molar-refractivity contribution < 1.29 is 19.8 Å². The van der Waals surface area contributed by atoms with Crippen LogP contribution < -0.4 is 5.32 Å². The summed E-state index contributed by atoms with van der Waals surface area (Å²) in [6.45, 7) is 3.06. The molecule has 0 saturated heterocycles. The summed E-state index contributed by atoms with van der Waals surface area (Å²) in [5.41, 5.74) is 1.10. The van der Waals surface area contributed by atoms with Gasteiger partial charge in [-0.2, -0.15) is 0 Å². The Morgan fingerprint density at radius 3 is 2.44 bits per heavy atom. The second-order valence-corrected chi connectivity index (χ2v) is 4.90. The second-order valence-electron chi connectivity index (χ2n) is 3.99. The third-order valence-corrected chi connectivity index (χ3v) is 2.96. The molecule has 1 amide bonds. The van der Waals surface area contributed by atoms with Crippen molar-refractivity contribution in [2.75, 3.05) is 0 Å². The van der Waals surface area contributed by atoms with Crippen molar-refractivity contribution in [3.8, 4) is 0 Å². The van der Waals surface area contributed by atoms with Gasteiger partial charge in [0.05, 0.1) is 6.10 Å². The van der Waals surface area contributed by atoms with Gasteiger partial charge < -0.3 is 15.5 Å². The molecule has 0 aromatic heterocycles. The quantitative estimate of drug-likeness (QED) is 0.782. The van der Waals surface area contributed by atoms with Crippen molar-refractivity contribution in [1.82, 2.24) is 5.32 Å². The van der Waals surface area contributed by atoms with Crippen molar-refractivity contribution in [2.45, 2.75) is 26.0 Å². The molecule has 0 unspecified atom stereocenters. The molecule has 0 aliphatic rings. The van der Waals surface area contributed by atoms with E-state index in [2.05, 4.69) is 21.2 Å². The molecule has 0 fully saturated rings. The molecule has 0 saturated carbocycles. The van der Waals surface area contributed by atoms with Crippen LogP contribution in [0, 0.1) is 6.92 Å². The van der Waals surface area contributed by atoms with E-state index in [1.54, 1.807) is 25.1 Å². The predicted octanol–water partition coefficient (Wildman–Crippen LogP) is 1.32. The number of nitrogens with one attached hydrogen (secondary N) is 1. The van der Waals surface area contributed by atoms with E-state index in [4.69, 9.17) is 5.11 Å². The second kappa shape index (κ2) is 5.97. The van der Waals surface area contributed by atoms with Gasteiger partial charge in [-0.05, 0) is 37.6 Å². The highest BCUT2D eigenvalue weighted by atomic mass is 79.9. The molecule has 1 aromatic carbocycles. The molecule has 0 heterocycles. The lowest BCUT2D eigenvalue weighted by molar-refractivity contribution is -0.141. The molecule has 0 aliphatic carbocycles. The summed E-state index contributed by atoms with van der Waals surface area (Å²) >= 11 is 3.28. The molecule has 1 aromatic rings. The number of rotatable bonds is 4. The summed E-state index contributed by atoms with van der Waals surface area (Å²) in [6, 6.07) is 3.73. The SMILES string of the molecule is Cc1cc(Br)ccc1C(=O)N[C@H](C(=O)O)[C@@H](C)O. The molecule has 0 spiro atoms. The highest BCUT2D eigenvalue weighted by molar-refractivity contribution is 9.10. The number of hydrogen-bond acceptors (Lipinski definition) is 3. The summed E-state index contributed by atoms with van der Waals surface area (Å²) in [7, 11) is 0. The van der Waals surface area contributed by atoms with Crippen LogP contribution in [-0.4, -0.2) is 34.2 Å². The minimum atomic E-state index is -1.32. The fourth-order valence-corrected chi connectivity index (χ4v) is 1.97.